The Morgan fingerprint density at radius 1 is 1.09 bits per heavy atom. The molecule has 1 fully saturated rings. The van der Waals surface area contributed by atoms with Gasteiger partial charge in [0.15, 0.2) is 11.5 Å². The molecule has 0 aromatic heterocycles. The van der Waals surface area contributed by atoms with Crippen LogP contribution in [0.4, 0.5) is 13.2 Å². The van der Waals surface area contributed by atoms with Crippen molar-refractivity contribution in [1.29, 1.82) is 0 Å². The summed E-state index contributed by atoms with van der Waals surface area (Å²) in [5.74, 6) is 1.43. The first-order valence-corrected chi connectivity index (χ1v) is 10.7. The summed E-state index contributed by atoms with van der Waals surface area (Å²) in [5.41, 5.74) is 7.87. The second-order valence-corrected chi connectivity index (χ2v) is 8.29. The molecule has 3 aliphatic rings. The molecule has 0 radical (unpaired) electrons. The maximum Gasteiger partial charge on any atom is 0.573 e. The molecule has 0 bridgehead atoms. The molecule has 1 saturated carbocycles. The van der Waals surface area contributed by atoms with Crippen molar-refractivity contribution in [2.75, 3.05) is 13.1 Å². The van der Waals surface area contributed by atoms with Crippen molar-refractivity contribution in [1.82, 2.24) is 4.90 Å². The zero-order chi connectivity index (χ0) is 22.3. The number of nitrogens with two attached hydrogens (primary N) is 1. The average molecular weight is 440 g/mol. The molecule has 0 amide bonds. The van der Waals surface area contributed by atoms with Crippen LogP contribution in [0.15, 0.2) is 64.6 Å². The van der Waals surface area contributed by atoms with Crippen LogP contribution in [0.2, 0.25) is 0 Å². The van der Waals surface area contributed by atoms with E-state index in [0.717, 1.165) is 17.5 Å². The Kier molecular flexibility index (Phi) is 4.95. The van der Waals surface area contributed by atoms with Crippen molar-refractivity contribution in [3.63, 3.8) is 0 Å². The van der Waals surface area contributed by atoms with Crippen LogP contribution in [0.1, 0.15) is 36.0 Å². The number of fused-ring (bicyclic) bond motifs is 1. The number of ether oxygens (including phenoxy) is 1. The summed E-state index contributed by atoms with van der Waals surface area (Å²) in [6.07, 6.45) is 2.88. The number of nitrogens with zero attached hydrogens (tertiary/aromatic N) is 3. The van der Waals surface area contributed by atoms with E-state index >= 15 is 0 Å². The molecule has 32 heavy (non-hydrogen) atoms. The summed E-state index contributed by atoms with van der Waals surface area (Å²) in [4.78, 5) is 11.5. The minimum absolute atomic E-state index is 0.282. The highest BCUT2D eigenvalue weighted by atomic mass is 19.4. The number of alkyl halides is 3. The Balaban J connectivity index is 1.61. The van der Waals surface area contributed by atoms with E-state index in [4.69, 9.17) is 15.7 Å². The van der Waals surface area contributed by atoms with Gasteiger partial charge in [0.25, 0.3) is 0 Å². The van der Waals surface area contributed by atoms with Crippen LogP contribution in [0.3, 0.4) is 0 Å². The van der Waals surface area contributed by atoms with E-state index in [1.165, 1.54) is 25.0 Å². The summed E-state index contributed by atoms with van der Waals surface area (Å²) in [6, 6.07) is 13.8. The van der Waals surface area contributed by atoms with Crippen LogP contribution >= 0.6 is 0 Å². The molecule has 1 unspecified atom stereocenters. The Morgan fingerprint density at radius 3 is 2.59 bits per heavy atom. The maximum absolute atomic E-state index is 12.6. The molecule has 2 heterocycles. The van der Waals surface area contributed by atoms with Gasteiger partial charge in [-0.25, -0.2) is 4.99 Å². The lowest BCUT2D eigenvalue weighted by molar-refractivity contribution is -0.274. The highest BCUT2D eigenvalue weighted by Gasteiger charge is 2.49. The lowest BCUT2D eigenvalue weighted by Gasteiger charge is -2.33. The lowest BCUT2D eigenvalue weighted by Crippen LogP contribution is -2.46. The Labute approximate surface area is 184 Å². The molecule has 2 N–H and O–H groups in total. The van der Waals surface area contributed by atoms with Crippen molar-refractivity contribution in [3.05, 3.63) is 71.3 Å². The molecule has 5 nitrogen and oxygen atoms in total. The van der Waals surface area contributed by atoms with E-state index in [9.17, 15) is 13.2 Å². The molecule has 1 atom stereocenters. The van der Waals surface area contributed by atoms with Gasteiger partial charge in [-0.2, -0.15) is 0 Å². The fraction of sp³-hybridized carbons (Fsp3) is 0.333. The van der Waals surface area contributed by atoms with Gasteiger partial charge in [-0.3, -0.25) is 9.89 Å². The van der Waals surface area contributed by atoms with Gasteiger partial charge in [-0.1, -0.05) is 42.5 Å². The third-order valence-electron chi connectivity index (χ3n) is 5.93. The summed E-state index contributed by atoms with van der Waals surface area (Å²) < 4.78 is 42.0. The number of hydrogen-bond acceptors (Lipinski definition) is 5. The second kappa shape index (κ2) is 7.69. The summed E-state index contributed by atoms with van der Waals surface area (Å²) in [5, 5.41) is 0. The zero-order valence-electron chi connectivity index (χ0n) is 17.3. The van der Waals surface area contributed by atoms with Gasteiger partial charge in [0.2, 0.25) is 0 Å². The smallest absolute Gasteiger partial charge is 0.406 e. The number of allylic oxidation sites excluding steroid dienone is 1. The van der Waals surface area contributed by atoms with Crippen molar-refractivity contribution in [2.24, 2.45) is 21.6 Å². The van der Waals surface area contributed by atoms with Crippen LogP contribution in [0, 0.1) is 5.92 Å². The number of amidine groups is 1. The monoisotopic (exact) mass is 440 g/mol. The molecule has 8 heteroatoms. The molecular formula is C24H23F3N4O. The predicted molar refractivity (Wildman–Crippen MR) is 117 cm³/mol. The van der Waals surface area contributed by atoms with Gasteiger partial charge >= 0.3 is 6.36 Å². The van der Waals surface area contributed by atoms with Gasteiger partial charge in [0, 0.05) is 13.1 Å². The van der Waals surface area contributed by atoms with E-state index in [1.54, 1.807) is 12.1 Å². The normalized spacial score (nSPS) is 23.2. The first kappa shape index (κ1) is 20.6. The standard InChI is InChI=1S/C24H23F3N4O/c25-24(26,27)32-20-11-9-18(10-12-20)23(21-29-13-2-14-31(21)22(28)30-23)19-4-1-3-17(15-19)8-7-16-5-6-16/h1,3-4,7-12,15-16H,2,5-6,13-14H2,(H2,28,30)/b8-7+. The number of hydrogen-bond donors (Lipinski definition) is 1. The summed E-state index contributed by atoms with van der Waals surface area (Å²) in [6.45, 7) is 1.35. The van der Waals surface area contributed by atoms with Crippen LogP contribution in [0.5, 0.6) is 5.75 Å². The molecule has 0 spiro atoms. The molecule has 2 aromatic rings. The fourth-order valence-electron chi connectivity index (χ4n) is 4.28. The van der Waals surface area contributed by atoms with Crippen LogP contribution < -0.4 is 10.5 Å². The van der Waals surface area contributed by atoms with E-state index in [0.29, 0.717) is 36.4 Å². The quantitative estimate of drug-likeness (QED) is 0.734. The molecule has 166 valence electrons. The van der Waals surface area contributed by atoms with Gasteiger partial charge in [-0.05, 0) is 60.1 Å². The molecule has 2 aliphatic heterocycles. The van der Waals surface area contributed by atoms with Crippen LogP contribution in [-0.4, -0.2) is 36.1 Å². The predicted octanol–water partition coefficient (Wildman–Crippen LogP) is 4.68. The third-order valence-corrected chi connectivity index (χ3v) is 5.93. The van der Waals surface area contributed by atoms with Crippen molar-refractivity contribution >= 4 is 17.9 Å². The van der Waals surface area contributed by atoms with Crippen LogP contribution in [-0.2, 0) is 5.54 Å². The molecule has 1 aliphatic carbocycles. The largest absolute Gasteiger partial charge is 0.573 e. The van der Waals surface area contributed by atoms with Gasteiger partial charge in [0.1, 0.15) is 11.6 Å². The second-order valence-electron chi connectivity index (χ2n) is 8.29. The van der Waals surface area contributed by atoms with Gasteiger partial charge in [-0.15, -0.1) is 13.2 Å². The minimum atomic E-state index is -4.75. The molecule has 2 aromatic carbocycles. The van der Waals surface area contributed by atoms with E-state index in [-0.39, 0.29) is 5.75 Å². The van der Waals surface area contributed by atoms with E-state index < -0.39 is 11.9 Å². The van der Waals surface area contributed by atoms with Crippen molar-refractivity contribution < 1.29 is 17.9 Å². The number of aliphatic imine (C=N–C) groups is 2. The fourth-order valence-corrected chi connectivity index (χ4v) is 4.28. The topological polar surface area (TPSA) is 63.2 Å². The van der Waals surface area contributed by atoms with Crippen LogP contribution in [0.25, 0.3) is 6.08 Å². The average Bonchev–Trinajstić information content (AvgIpc) is 3.55. The molecular weight excluding hydrogens is 417 g/mol. The Morgan fingerprint density at radius 2 is 1.88 bits per heavy atom. The van der Waals surface area contributed by atoms with Crippen molar-refractivity contribution in [2.45, 2.75) is 31.2 Å². The lowest BCUT2D eigenvalue weighted by atomic mass is 9.81. The Bertz CT molecular complexity index is 1100. The van der Waals surface area contributed by atoms with E-state index in [2.05, 4.69) is 23.0 Å². The zero-order valence-corrected chi connectivity index (χ0v) is 17.3. The Hall–Kier alpha value is -3.29. The van der Waals surface area contributed by atoms with Gasteiger partial charge in [0.05, 0.1) is 0 Å². The highest BCUT2D eigenvalue weighted by Crippen LogP contribution is 2.42. The maximum atomic E-state index is 12.6. The molecule has 0 saturated heterocycles. The van der Waals surface area contributed by atoms with Crippen molar-refractivity contribution in [3.8, 4) is 5.75 Å². The van der Waals surface area contributed by atoms with Gasteiger partial charge < -0.3 is 10.5 Å². The first-order valence-electron chi connectivity index (χ1n) is 10.7. The van der Waals surface area contributed by atoms with E-state index in [1.807, 2.05) is 23.1 Å². The SMILES string of the molecule is NC1=NC(c2ccc(OC(F)(F)F)cc2)(c2cccc(/C=C/C3CC3)c2)C2=NCCCN12. The summed E-state index contributed by atoms with van der Waals surface area (Å²) >= 11 is 0. The number of rotatable bonds is 5. The number of halogens is 3. The molecule has 5 rings (SSSR count). The number of benzene rings is 2. The highest BCUT2D eigenvalue weighted by molar-refractivity contribution is 6.12. The third kappa shape index (κ3) is 3.85. The minimum Gasteiger partial charge on any atom is -0.406 e. The summed E-state index contributed by atoms with van der Waals surface area (Å²) in [7, 11) is 0. The first-order chi connectivity index (χ1) is 15.3. The number of guanidine groups is 1.